The standard InChI is InChI=1S/C13H23N3S/c1-10(2)14-9-5-8-12-15-16-13(17-12)11-6-3-4-7-11/h10-11,14H,3-9H2,1-2H3. The molecule has 96 valence electrons. The minimum Gasteiger partial charge on any atom is -0.315 e. The van der Waals surface area contributed by atoms with Crippen LogP contribution >= 0.6 is 11.3 Å². The van der Waals surface area contributed by atoms with Crippen LogP contribution in [0.5, 0.6) is 0 Å². The highest BCUT2D eigenvalue weighted by molar-refractivity contribution is 7.11. The minimum absolute atomic E-state index is 0.582. The molecular weight excluding hydrogens is 230 g/mol. The Morgan fingerprint density at radius 3 is 2.76 bits per heavy atom. The SMILES string of the molecule is CC(C)NCCCc1nnc(C2CCCC2)s1. The molecule has 0 atom stereocenters. The number of rotatable bonds is 6. The van der Waals surface area contributed by atoms with Crippen LogP contribution < -0.4 is 5.32 Å². The number of aromatic nitrogens is 2. The zero-order valence-electron chi connectivity index (χ0n) is 10.9. The third-order valence-electron chi connectivity index (χ3n) is 3.31. The fourth-order valence-corrected chi connectivity index (χ4v) is 3.39. The van der Waals surface area contributed by atoms with E-state index in [0.717, 1.165) is 25.3 Å². The third-order valence-corrected chi connectivity index (χ3v) is 4.45. The van der Waals surface area contributed by atoms with E-state index in [0.29, 0.717) is 6.04 Å². The molecule has 0 saturated heterocycles. The molecule has 1 saturated carbocycles. The van der Waals surface area contributed by atoms with E-state index in [2.05, 4.69) is 29.4 Å². The summed E-state index contributed by atoms with van der Waals surface area (Å²) in [4.78, 5) is 0. The number of hydrogen-bond donors (Lipinski definition) is 1. The Morgan fingerprint density at radius 1 is 1.29 bits per heavy atom. The van der Waals surface area contributed by atoms with E-state index >= 15 is 0 Å². The van der Waals surface area contributed by atoms with Gasteiger partial charge in [-0.25, -0.2) is 0 Å². The predicted molar refractivity (Wildman–Crippen MR) is 72.6 cm³/mol. The smallest absolute Gasteiger partial charge is 0.120 e. The van der Waals surface area contributed by atoms with Gasteiger partial charge in [-0.15, -0.1) is 21.5 Å². The van der Waals surface area contributed by atoms with Crippen molar-refractivity contribution in [1.29, 1.82) is 0 Å². The van der Waals surface area contributed by atoms with Gasteiger partial charge in [0.25, 0.3) is 0 Å². The number of nitrogens with one attached hydrogen (secondary N) is 1. The molecule has 1 aromatic rings. The van der Waals surface area contributed by atoms with Crippen LogP contribution in [0.2, 0.25) is 0 Å². The van der Waals surface area contributed by atoms with E-state index in [4.69, 9.17) is 0 Å². The summed E-state index contributed by atoms with van der Waals surface area (Å²) in [6, 6.07) is 0.582. The Labute approximate surface area is 108 Å². The summed E-state index contributed by atoms with van der Waals surface area (Å²) >= 11 is 1.84. The lowest BCUT2D eigenvalue weighted by Crippen LogP contribution is -2.23. The summed E-state index contributed by atoms with van der Waals surface area (Å²) in [5.41, 5.74) is 0. The van der Waals surface area contributed by atoms with Gasteiger partial charge >= 0.3 is 0 Å². The molecule has 1 aliphatic rings. The number of nitrogens with zero attached hydrogens (tertiary/aromatic N) is 2. The Balaban J connectivity index is 1.74. The second-order valence-electron chi connectivity index (χ2n) is 5.23. The van der Waals surface area contributed by atoms with Gasteiger partial charge in [0.15, 0.2) is 0 Å². The Hall–Kier alpha value is -0.480. The second-order valence-corrected chi connectivity index (χ2v) is 6.32. The molecule has 0 radical (unpaired) electrons. The molecule has 0 aliphatic heterocycles. The van der Waals surface area contributed by atoms with Crippen molar-refractivity contribution in [2.45, 2.75) is 64.3 Å². The summed E-state index contributed by atoms with van der Waals surface area (Å²) in [5.74, 6) is 0.718. The maximum absolute atomic E-state index is 4.36. The van der Waals surface area contributed by atoms with E-state index < -0.39 is 0 Å². The van der Waals surface area contributed by atoms with E-state index in [9.17, 15) is 0 Å². The summed E-state index contributed by atoms with van der Waals surface area (Å²) in [6.07, 6.45) is 7.63. The summed E-state index contributed by atoms with van der Waals surface area (Å²) < 4.78 is 0. The fraction of sp³-hybridized carbons (Fsp3) is 0.846. The Morgan fingerprint density at radius 2 is 2.06 bits per heavy atom. The van der Waals surface area contributed by atoms with Gasteiger partial charge in [-0.2, -0.15) is 0 Å². The van der Waals surface area contributed by atoms with Crippen LogP contribution in [0.25, 0.3) is 0 Å². The van der Waals surface area contributed by atoms with Crippen molar-refractivity contribution in [3.8, 4) is 0 Å². The summed E-state index contributed by atoms with van der Waals surface area (Å²) in [5, 5.41) is 14.6. The molecule has 3 nitrogen and oxygen atoms in total. The van der Waals surface area contributed by atoms with Gasteiger partial charge in [0.2, 0.25) is 0 Å². The van der Waals surface area contributed by atoms with Gasteiger partial charge in [-0.05, 0) is 25.8 Å². The van der Waals surface area contributed by atoms with Crippen LogP contribution in [0.1, 0.15) is 61.9 Å². The molecule has 2 rings (SSSR count). The molecule has 0 spiro atoms. The van der Waals surface area contributed by atoms with Gasteiger partial charge in [0.05, 0.1) is 0 Å². The summed E-state index contributed by atoms with van der Waals surface area (Å²) in [6.45, 7) is 5.45. The van der Waals surface area contributed by atoms with Crippen molar-refractivity contribution in [1.82, 2.24) is 15.5 Å². The van der Waals surface area contributed by atoms with Crippen LogP contribution in [0.3, 0.4) is 0 Å². The molecule has 4 heteroatoms. The van der Waals surface area contributed by atoms with E-state index in [1.165, 1.54) is 35.7 Å². The normalized spacial score (nSPS) is 17.1. The van der Waals surface area contributed by atoms with Crippen molar-refractivity contribution in [3.63, 3.8) is 0 Å². The average molecular weight is 253 g/mol. The van der Waals surface area contributed by atoms with Gasteiger partial charge in [-0.1, -0.05) is 26.7 Å². The van der Waals surface area contributed by atoms with Crippen LogP contribution in [0, 0.1) is 0 Å². The summed E-state index contributed by atoms with van der Waals surface area (Å²) in [7, 11) is 0. The monoisotopic (exact) mass is 253 g/mol. The average Bonchev–Trinajstić information content (AvgIpc) is 2.94. The third kappa shape index (κ3) is 4.03. The first-order valence-electron chi connectivity index (χ1n) is 6.81. The van der Waals surface area contributed by atoms with Crippen molar-refractivity contribution >= 4 is 11.3 Å². The first kappa shape index (κ1) is 13.0. The maximum atomic E-state index is 4.36. The maximum Gasteiger partial charge on any atom is 0.120 e. The zero-order chi connectivity index (χ0) is 12.1. The lowest BCUT2D eigenvalue weighted by molar-refractivity contribution is 0.569. The highest BCUT2D eigenvalue weighted by Gasteiger charge is 2.20. The van der Waals surface area contributed by atoms with Crippen LogP contribution in [0.4, 0.5) is 0 Å². The molecule has 1 aromatic heterocycles. The predicted octanol–water partition coefficient (Wildman–Crippen LogP) is 3.13. The molecule has 0 amide bonds. The fourth-order valence-electron chi connectivity index (χ4n) is 2.34. The van der Waals surface area contributed by atoms with Gasteiger partial charge in [-0.3, -0.25) is 0 Å². The van der Waals surface area contributed by atoms with Gasteiger partial charge in [0.1, 0.15) is 10.0 Å². The minimum atomic E-state index is 0.582. The molecule has 0 aromatic carbocycles. The van der Waals surface area contributed by atoms with Crippen LogP contribution in [-0.2, 0) is 6.42 Å². The van der Waals surface area contributed by atoms with Gasteiger partial charge in [0, 0.05) is 18.4 Å². The first-order valence-corrected chi connectivity index (χ1v) is 7.63. The van der Waals surface area contributed by atoms with Crippen LogP contribution in [0.15, 0.2) is 0 Å². The van der Waals surface area contributed by atoms with Crippen molar-refractivity contribution in [2.24, 2.45) is 0 Å². The van der Waals surface area contributed by atoms with E-state index in [1.54, 1.807) is 0 Å². The van der Waals surface area contributed by atoms with Crippen LogP contribution in [-0.4, -0.2) is 22.8 Å². The second kappa shape index (κ2) is 6.45. The molecule has 1 fully saturated rings. The topological polar surface area (TPSA) is 37.8 Å². The molecule has 1 N–H and O–H groups in total. The zero-order valence-corrected chi connectivity index (χ0v) is 11.7. The van der Waals surface area contributed by atoms with E-state index in [1.807, 2.05) is 11.3 Å². The molecule has 0 bridgehead atoms. The van der Waals surface area contributed by atoms with E-state index in [-0.39, 0.29) is 0 Å². The molecule has 1 aliphatic carbocycles. The lowest BCUT2D eigenvalue weighted by atomic mass is 10.1. The Kier molecular flexibility index (Phi) is 4.92. The highest BCUT2D eigenvalue weighted by atomic mass is 32.1. The first-order chi connectivity index (χ1) is 8.25. The highest BCUT2D eigenvalue weighted by Crippen LogP contribution is 2.35. The molecule has 17 heavy (non-hydrogen) atoms. The van der Waals surface area contributed by atoms with Gasteiger partial charge < -0.3 is 5.32 Å². The van der Waals surface area contributed by atoms with Crippen molar-refractivity contribution in [2.75, 3.05) is 6.54 Å². The largest absolute Gasteiger partial charge is 0.315 e. The molecule has 0 unspecified atom stereocenters. The Bertz CT molecular complexity index is 329. The number of aryl methyl sites for hydroxylation is 1. The number of hydrogen-bond acceptors (Lipinski definition) is 4. The van der Waals surface area contributed by atoms with Crippen molar-refractivity contribution < 1.29 is 0 Å². The lowest BCUT2D eigenvalue weighted by Gasteiger charge is -2.06. The van der Waals surface area contributed by atoms with Crippen molar-refractivity contribution in [3.05, 3.63) is 10.0 Å². The quantitative estimate of drug-likeness (QED) is 0.792. The molecular formula is C13H23N3S. The molecule has 1 heterocycles.